The smallest absolute Gasteiger partial charge is 0.244 e. The predicted molar refractivity (Wildman–Crippen MR) is 92.3 cm³/mol. The van der Waals surface area contributed by atoms with E-state index in [1.165, 1.54) is 18.4 Å². The summed E-state index contributed by atoms with van der Waals surface area (Å²) in [5, 5.41) is 3.01. The zero-order valence-electron chi connectivity index (χ0n) is 14.1. The van der Waals surface area contributed by atoms with Gasteiger partial charge in [-0.2, -0.15) is 0 Å². The van der Waals surface area contributed by atoms with E-state index in [1.54, 1.807) is 6.08 Å². The maximum atomic E-state index is 12.1. The van der Waals surface area contributed by atoms with E-state index in [0.29, 0.717) is 12.5 Å². The summed E-state index contributed by atoms with van der Waals surface area (Å²) < 4.78 is 0. The molecule has 2 heterocycles. The molecule has 5 nitrogen and oxygen atoms in total. The fourth-order valence-corrected chi connectivity index (χ4v) is 2.97. The first-order chi connectivity index (χ1) is 11.1. The third kappa shape index (κ3) is 4.32. The molecule has 1 aromatic heterocycles. The lowest BCUT2D eigenvalue weighted by atomic mass is 10.2. The average molecular weight is 314 g/mol. The molecule has 0 atom stereocenters. The molecule has 0 radical (unpaired) electrons. The van der Waals surface area contributed by atoms with E-state index >= 15 is 0 Å². The SMILES string of the molecule is C/C(=C\C(=O)NCc1cccnc1N1CCN(C)CC1)C1CC1. The molecule has 124 valence electrons. The fourth-order valence-electron chi connectivity index (χ4n) is 2.97. The van der Waals surface area contributed by atoms with Gasteiger partial charge in [-0.15, -0.1) is 0 Å². The Morgan fingerprint density at radius 2 is 2.09 bits per heavy atom. The lowest BCUT2D eigenvalue weighted by molar-refractivity contribution is -0.116. The summed E-state index contributed by atoms with van der Waals surface area (Å²) in [4.78, 5) is 21.2. The van der Waals surface area contributed by atoms with E-state index in [9.17, 15) is 4.79 Å². The molecule has 1 aliphatic heterocycles. The number of nitrogens with zero attached hydrogens (tertiary/aromatic N) is 3. The first-order valence-corrected chi connectivity index (χ1v) is 8.47. The van der Waals surface area contributed by atoms with Crippen LogP contribution in [0.1, 0.15) is 25.3 Å². The number of nitrogens with one attached hydrogen (secondary N) is 1. The molecular formula is C18H26N4O. The van der Waals surface area contributed by atoms with Gasteiger partial charge in [-0.05, 0) is 38.8 Å². The van der Waals surface area contributed by atoms with Crippen molar-refractivity contribution in [2.45, 2.75) is 26.3 Å². The van der Waals surface area contributed by atoms with Crippen LogP contribution in [0.5, 0.6) is 0 Å². The number of hydrogen-bond acceptors (Lipinski definition) is 4. The Balaban J connectivity index is 1.61. The average Bonchev–Trinajstić information content (AvgIpc) is 3.39. The molecule has 2 fully saturated rings. The topological polar surface area (TPSA) is 48.5 Å². The van der Waals surface area contributed by atoms with Crippen molar-refractivity contribution in [1.82, 2.24) is 15.2 Å². The first kappa shape index (κ1) is 16.0. The summed E-state index contributed by atoms with van der Waals surface area (Å²) >= 11 is 0. The summed E-state index contributed by atoms with van der Waals surface area (Å²) in [6.45, 7) is 6.64. The number of aromatic nitrogens is 1. The van der Waals surface area contributed by atoms with Gasteiger partial charge in [0.15, 0.2) is 0 Å². The van der Waals surface area contributed by atoms with Crippen LogP contribution in [-0.4, -0.2) is 49.0 Å². The molecular weight excluding hydrogens is 288 g/mol. The van der Waals surface area contributed by atoms with Crippen LogP contribution >= 0.6 is 0 Å². The third-order valence-corrected chi connectivity index (χ3v) is 4.70. The molecule has 1 aliphatic carbocycles. The van der Waals surface area contributed by atoms with Crippen molar-refractivity contribution >= 4 is 11.7 Å². The van der Waals surface area contributed by atoms with Crippen molar-refractivity contribution < 1.29 is 4.79 Å². The number of rotatable bonds is 5. The Hall–Kier alpha value is -1.88. The van der Waals surface area contributed by atoms with Crippen LogP contribution in [-0.2, 0) is 11.3 Å². The van der Waals surface area contributed by atoms with Gasteiger partial charge in [0.2, 0.25) is 5.91 Å². The zero-order valence-corrected chi connectivity index (χ0v) is 14.1. The van der Waals surface area contributed by atoms with Gasteiger partial charge in [-0.3, -0.25) is 4.79 Å². The fraction of sp³-hybridized carbons (Fsp3) is 0.556. The highest BCUT2D eigenvalue weighted by molar-refractivity contribution is 5.88. The van der Waals surface area contributed by atoms with Crippen LogP contribution in [0.2, 0.25) is 0 Å². The monoisotopic (exact) mass is 314 g/mol. The lowest BCUT2D eigenvalue weighted by Gasteiger charge is -2.34. The normalized spacial score (nSPS) is 19.7. The maximum Gasteiger partial charge on any atom is 0.244 e. The number of carbonyl (C=O) groups is 1. The molecule has 0 unspecified atom stereocenters. The second-order valence-electron chi connectivity index (χ2n) is 6.66. The summed E-state index contributed by atoms with van der Waals surface area (Å²) in [6, 6.07) is 3.99. The van der Waals surface area contributed by atoms with E-state index < -0.39 is 0 Å². The minimum absolute atomic E-state index is 0.00239. The van der Waals surface area contributed by atoms with E-state index in [0.717, 1.165) is 37.6 Å². The van der Waals surface area contributed by atoms with E-state index in [2.05, 4.69) is 40.1 Å². The second-order valence-corrected chi connectivity index (χ2v) is 6.66. The molecule has 5 heteroatoms. The number of piperazine rings is 1. The quantitative estimate of drug-likeness (QED) is 0.842. The summed E-state index contributed by atoms with van der Waals surface area (Å²) in [5.74, 6) is 1.64. The number of carbonyl (C=O) groups excluding carboxylic acids is 1. The predicted octanol–water partition coefficient (Wildman–Crippen LogP) is 1.81. The molecule has 1 N–H and O–H groups in total. The number of allylic oxidation sites excluding steroid dienone is 1. The molecule has 1 saturated heterocycles. The molecule has 23 heavy (non-hydrogen) atoms. The van der Waals surface area contributed by atoms with Crippen LogP contribution in [0.25, 0.3) is 0 Å². The van der Waals surface area contributed by atoms with Gasteiger partial charge in [-0.25, -0.2) is 4.98 Å². The number of likely N-dealkylation sites (N-methyl/N-ethyl adjacent to an activating group) is 1. The van der Waals surface area contributed by atoms with Gasteiger partial charge in [-0.1, -0.05) is 11.6 Å². The highest BCUT2D eigenvalue weighted by Gasteiger charge is 2.23. The van der Waals surface area contributed by atoms with Crippen molar-refractivity contribution in [2.24, 2.45) is 5.92 Å². The Morgan fingerprint density at radius 3 is 2.78 bits per heavy atom. The van der Waals surface area contributed by atoms with Gasteiger partial charge >= 0.3 is 0 Å². The van der Waals surface area contributed by atoms with Crippen LogP contribution < -0.4 is 10.2 Å². The Kier molecular flexibility index (Phi) is 4.96. The Bertz CT molecular complexity index is 586. The van der Waals surface area contributed by atoms with Gasteiger partial charge in [0.25, 0.3) is 0 Å². The van der Waals surface area contributed by atoms with Crippen molar-refractivity contribution in [3.63, 3.8) is 0 Å². The van der Waals surface area contributed by atoms with Crippen molar-refractivity contribution in [3.05, 3.63) is 35.5 Å². The zero-order chi connectivity index (χ0) is 16.2. The summed E-state index contributed by atoms with van der Waals surface area (Å²) in [6.07, 6.45) is 6.04. The molecule has 0 bridgehead atoms. The molecule has 0 aromatic carbocycles. The highest BCUT2D eigenvalue weighted by Crippen LogP contribution is 2.35. The summed E-state index contributed by atoms with van der Waals surface area (Å²) in [5.41, 5.74) is 2.29. The van der Waals surface area contributed by atoms with Crippen molar-refractivity contribution in [2.75, 3.05) is 38.1 Å². The van der Waals surface area contributed by atoms with Gasteiger partial charge in [0.1, 0.15) is 5.82 Å². The van der Waals surface area contributed by atoms with Gasteiger partial charge in [0.05, 0.1) is 0 Å². The standard InChI is InChI=1S/C18H26N4O/c1-14(15-5-6-15)12-17(23)20-13-16-4-3-7-19-18(16)22-10-8-21(2)9-11-22/h3-4,7,12,15H,5-6,8-11,13H2,1-2H3,(H,20,23)/b14-12+. The maximum absolute atomic E-state index is 12.1. The second kappa shape index (κ2) is 7.13. The van der Waals surface area contributed by atoms with Crippen molar-refractivity contribution in [3.8, 4) is 0 Å². The van der Waals surface area contributed by atoms with E-state index in [-0.39, 0.29) is 5.91 Å². The van der Waals surface area contributed by atoms with Crippen LogP contribution in [0.3, 0.4) is 0 Å². The first-order valence-electron chi connectivity index (χ1n) is 8.47. The van der Waals surface area contributed by atoms with E-state index in [1.807, 2.05) is 12.3 Å². The molecule has 1 saturated carbocycles. The van der Waals surface area contributed by atoms with Crippen molar-refractivity contribution in [1.29, 1.82) is 0 Å². The van der Waals surface area contributed by atoms with Crippen LogP contribution in [0, 0.1) is 5.92 Å². The summed E-state index contributed by atoms with van der Waals surface area (Å²) in [7, 11) is 2.14. The molecule has 2 aliphatic rings. The number of pyridine rings is 1. The minimum Gasteiger partial charge on any atom is -0.354 e. The molecule has 1 amide bonds. The lowest BCUT2D eigenvalue weighted by Crippen LogP contribution is -2.45. The van der Waals surface area contributed by atoms with Crippen LogP contribution in [0.4, 0.5) is 5.82 Å². The number of anilines is 1. The van der Waals surface area contributed by atoms with E-state index in [4.69, 9.17) is 0 Å². The minimum atomic E-state index is 0.00239. The molecule has 0 spiro atoms. The molecule has 1 aromatic rings. The largest absolute Gasteiger partial charge is 0.354 e. The Labute approximate surface area is 138 Å². The third-order valence-electron chi connectivity index (χ3n) is 4.70. The van der Waals surface area contributed by atoms with Gasteiger partial charge < -0.3 is 15.1 Å². The molecule has 3 rings (SSSR count). The number of hydrogen-bond donors (Lipinski definition) is 1. The Morgan fingerprint density at radius 1 is 1.35 bits per heavy atom. The highest BCUT2D eigenvalue weighted by atomic mass is 16.1. The van der Waals surface area contributed by atoms with Crippen LogP contribution in [0.15, 0.2) is 30.0 Å². The number of amides is 1. The van der Waals surface area contributed by atoms with Gasteiger partial charge in [0, 0.05) is 50.6 Å².